The van der Waals surface area contributed by atoms with Gasteiger partial charge < -0.3 is 0 Å². The summed E-state index contributed by atoms with van der Waals surface area (Å²) in [6.45, 7) is 0.426. The molecule has 0 spiro atoms. The number of hydrogen-bond donors (Lipinski definition) is 0. The number of azide groups is 1. The van der Waals surface area contributed by atoms with Crippen molar-refractivity contribution in [1.29, 1.82) is 0 Å². The average Bonchev–Trinajstić information content (AvgIpc) is 2.50. The third-order valence-corrected chi connectivity index (χ3v) is 2.84. The van der Waals surface area contributed by atoms with Gasteiger partial charge in [0.1, 0.15) is 0 Å². The van der Waals surface area contributed by atoms with E-state index in [1.165, 1.54) is 11.1 Å². The van der Waals surface area contributed by atoms with Gasteiger partial charge in [0.05, 0.1) is 0 Å². The van der Waals surface area contributed by atoms with Crippen LogP contribution in [0.2, 0.25) is 0 Å². The van der Waals surface area contributed by atoms with Crippen molar-refractivity contribution in [1.82, 2.24) is 0 Å². The van der Waals surface area contributed by atoms with E-state index >= 15 is 0 Å². The van der Waals surface area contributed by atoms with Crippen LogP contribution in [0.5, 0.6) is 0 Å². The lowest BCUT2D eigenvalue weighted by Gasteiger charge is -2.01. The second kappa shape index (κ2) is 7.68. The van der Waals surface area contributed by atoms with Crippen molar-refractivity contribution in [3.63, 3.8) is 0 Å². The van der Waals surface area contributed by atoms with Gasteiger partial charge in [-0.15, -0.1) is 0 Å². The fraction of sp³-hybridized carbons (Fsp3) is 0.176. The monoisotopic (exact) mass is 261 g/mol. The molecule has 0 heterocycles. The molecule has 0 aliphatic heterocycles. The van der Waals surface area contributed by atoms with Crippen LogP contribution in [-0.4, -0.2) is 6.54 Å². The van der Waals surface area contributed by atoms with Crippen molar-refractivity contribution in [2.75, 3.05) is 6.54 Å². The summed E-state index contributed by atoms with van der Waals surface area (Å²) in [6.07, 6.45) is 1.53. The van der Waals surface area contributed by atoms with E-state index in [9.17, 15) is 0 Å². The van der Waals surface area contributed by atoms with Gasteiger partial charge in [-0.3, -0.25) is 0 Å². The third kappa shape index (κ3) is 4.53. The van der Waals surface area contributed by atoms with Crippen molar-refractivity contribution >= 4 is 0 Å². The molecule has 0 unspecified atom stereocenters. The minimum Gasteiger partial charge on any atom is -0.0978 e. The summed E-state index contributed by atoms with van der Waals surface area (Å²) in [5, 5.41) is 3.44. The molecule has 0 saturated carbocycles. The largest absolute Gasteiger partial charge is 0.0978 e. The molecule has 98 valence electrons. The lowest BCUT2D eigenvalue weighted by Crippen LogP contribution is -1.87. The van der Waals surface area contributed by atoms with Crippen LogP contribution in [0, 0.1) is 11.8 Å². The lowest BCUT2D eigenvalue weighted by molar-refractivity contribution is 1.01. The van der Waals surface area contributed by atoms with Crippen molar-refractivity contribution in [3.8, 4) is 11.8 Å². The zero-order chi connectivity index (χ0) is 14.0. The van der Waals surface area contributed by atoms with Crippen molar-refractivity contribution in [2.24, 2.45) is 5.11 Å². The summed E-state index contributed by atoms with van der Waals surface area (Å²) in [5.74, 6) is 6.05. The first-order valence-electron chi connectivity index (χ1n) is 6.51. The minimum absolute atomic E-state index is 0.426. The standard InChI is InChI=1S/C17H15N3/c18-20-19-13-5-4-6-15-9-11-17(12-10-15)14-16-7-2-1-3-8-16/h1-3,7-12H,5,13-14H2. The second-order valence-electron chi connectivity index (χ2n) is 4.37. The van der Waals surface area contributed by atoms with Gasteiger partial charge in [0.2, 0.25) is 0 Å². The third-order valence-electron chi connectivity index (χ3n) is 2.84. The summed E-state index contributed by atoms with van der Waals surface area (Å²) >= 11 is 0. The first-order chi connectivity index (χ1) is 9.88. The van der Waals surface area contributed by atoms with Crippen LogP contribution in [0.4, 0.5) is 0 Å². The SMILES string of the molecule is [N-]=[N+]=NCCC#Cc1ccc(Cc2ccccc2)cc1. The first kappa shape index (κ1) is 13.7. The van der Waals surface area contributed by atoms with Crippen LogP contribution in [0.1, 0.15) is 23.1 Å². The number of rotatable bonds is 4. The molecule has 0 atom stereocenters. The number of hydrogen-bond acceptors (Lipinski definition) is 1. The Kier molecular flexibility index (Phi) is 5.27. The van der Waals surface area contributed by atoms with Crippen LogP contribution in [0.3, 0.4) is 0 Å². The van der Waals surface area contributed by atoms with E-state index < -0.39 is 0 Å². The maximum Gasteiger partial charge on any atom is 0.0367 e. The first-order valence-corrected chi connectivity index (χ1v) is 6.51. The van der Waals surface area contributed by atoms with Crippen molar-refractivity contribution in [3.05, 3.63) is 81.7 Å². The van der Waals surface area contributed by atoms with E-state index in [-0.39, 0.29) is 0 Å². The smallest absolute Gasteiger partial charge is 0.0367 e. The molecule has 0 aliphatic rings. The highest BCUT2D eigenvalue weighted by atomic mass is 15.1. The minimum atomic E-state index is 0.426. The average molecular weight is 261 g/mol. The van der Waals surface area contributed by atoms with Crippen LogP contribution in [0.15, 0.2) is 59.7 Å². The van der Waals surface area contributed by atoms with Crippen molar-refractivity contribution in [2.45, 2.75) is 12.8 Å². The Morgan fingerprint density at radius 3 is 2.35 bits per heavy atom. The molecule has 3 nitrogen and oxygen atoms in total. The van der Waals surface area contributed by atoms with Gasteiger partial charge in [-0.25, -0.2) is 0 Å². The molecule has 0 fully saturated rings. The molecule has 0 bridgehead atoms. The van der Waals surface area contributed by atoms with Gasteiger partial charge >= 0.3 is 0 Å². The van der Waals surface area contributed by atoms with E-state index in [4.69, 9.17) is 5.53 Å². The molecule has 2 aromatic carbocycles. The Bertz CT molecular complexity index is 642. The van der Waals surface area contributed by atoms with E-state index in [2.05, 4.69) is 58.3 Å². The number of nitrogens with zero attached hydrogens (tertiary/aromatic N) is 3. The molecule has 0 radical (unpaired) electrons. The summed E-state index contributed by atoms with van der Waals surface area (Å²) in [5.41, 5.74) is 11.7. The quantitative estimate of drug-likeness (QED) is 0.258. The molecular formula is C17H15N3. The molecule has 2 aromatic rings. The zero-order valence-corrected chi connectivity index (χ0v) is 11.2. The Balaban J connectivity index is 1.94. The highest BCUT2D eigenvalue weighted by Gasteiger charge is 1.95. The van der Waals surface area contributed by atoms with Gasteiger partial charge in [-0.05, 0) is 35.2 Å². The van der Waals surface area contributed by atoms with Crippen LogP contribution < -0.4 is 0 Å². The van der Waals surface area contributed by atoms with Crippen LogP contribution in [0.25, 0.3) is 10.4 Å². The predicted octanol–water partition coefficient (Wildman–Crippen LogP) is 4.33. The Morgan fingerprint density at radius 1 is 0.950 bits per heavy atom. The molecular weight excluding hydrogens is 246 g/mol. The predicted molar refractivity (Wildman–Crippen MR) is 81.2 cm³/mol. The zero-order valence-electron chi connectivity index (χ0n) is 11.2. The lowest BCUT2D eigenvalue weighted by atomic mass is 10.0. The molecule has 0 N–H and O–H groups in total. The summed E-state index contributed by atoms with van der Waals surface area (Å²) < 4.78 is 0. The topological polar surface area (TPSA) is 48.8 Å². The van der Waals surface area contributed by atoms with Crippen LogP contribution in [-0.2, 0) is 6.42 Å². The molecule has 0 aliphatic carbocycles. The van der Waals surface area contributed by atoms with Crippen LogP contribution >= 0.6 is 0 Å². The molecule has 3 heteroatoms. The summed E-state index contributed by atoms with van der Waals surface area (Å²) in [4.78, 5) is 2.69. The Labute approximate surface area is 118 Å². The number of benzene rings is 2. The van der Waals surface area contributed by atoms with Crippen molar-refractivity contribution < 1.29 is 0 Å². The van der Waals surface area contributed by atoms with Gasteiger partial charge in [0.25, 0.3) is 0 Å². The molecule has 2 rings (SSSR count). The van der Waals surface area contributed by atoms with Gasteiger partial charge in [-0.2, -0.15) is 0 Å². The fourth-order valence-corrected chi connectivity index (χ4v) is 1.85. The van der Waals surface area contributed by atoms with Gasteiger partial charge in [0, 0.05) is 23.4 Å². The summed E-state index contributed by atoms with van der Waals surface area (Å²) in [7, 11) is 0. The van der Waals surface area contributed by atoms with E-state index in [0.29, 0.717) is 13.0 Å². The molecule has 0 amide bonds. The van der Waals surface area contributed by atoms with Gasteiger partial charge in [-0.1, -0.05) is 59.4 Å². The Morgan fingerprint density at radius 2 is 1.65 bits per heavy atom. The normalized spacial score (nSPS) is 9.20. The van der Waals surface area contributed by atoms with Gasteiger partial charge in [0.15, 0.2) is 0 Å². The van der Waals surface area contributed by atoms with E-state index in [1.807, 2.05) is 18.2 Å². The fourth-order valence-electron chi connectivity index (χ4n) is 1.85. The summed E-state index contributed by atoms with van der Waals surface area (Å²) in [6, 6.07) is 18.6. The molecule has 20 heavy (non-hydrogen) atoms. The van der Waals surface area contributed by atoms with E-state index in [0.717, 1.165) is 12.0 Å². The second-order valence-corrected chi connectivity index (χ2v) is 4.37. The maximum absolute atomic E-state index is 8.14. The maximum atomic E-state index is 8.14. The molecule has 0 aromatic heterocycles. The Hall–Kier alpha value is -2.69. The highest BCUT2D eigenvalue weighted by Crippen LogP contribution is 2.10. The highest BCUT2D eigenvalue weighted by molar-refractivity contribution is 5.37. The van der Waals surface area contributed by atoms with E-state index in [1.54, 1.807) is 0 Å². The molecule has 0 saturated heterocycles.